The van der Waals surface area contributed by atoms with Crippen LogP contribution in [0.25, 0.3) is 0 Å². The monoisotopic (exact) mass is 237 g/mol. The molecule has 1 fully saturated rings. The summed E-state index contributed by atoms with van der Waals surface area (Å²) in [5.74, 6) is -0.476. The van der Waals surface area contributed by atoms with Gasteiger partial charge in [-0.25, -0.2) is 4.39 Å². The molecule has 0 amide bonds. The second-order valence-corrected chi connectivity index (χ2v) is 4.33. The van der Waals surface area contributed by atoms with Crippen molar-refractivity contribution in [1.82, 2.24) is 0 Å². The molecule has 17 heavy (non-hydrogen) atoms. The summed E-state index contributed by atoms with van der Waals surface area (Å²) in [7, 11) is 1.87. The number of benzene rings is 1. The largest absolute Gasteiger partial charge is 0.376 e. The maximum Gasteiger partial charge on any atom is 0.155 e. The number of hydrogen-bond donors (Lipinski definition) is 0. The Morgan fingerprint density at radius 1 is 1.53 bits per heavy atom. The summed E-state index contributed by atoms with van der Waals surface area (Å²) in [6, 6.07) is 4.87. The minimum absolute atomic E-state index is 0.0998. The van der Waals surface area contributed by atoms with Crippen molar-refractivity contribution in [3.05, 3.63) is 29.6 Å². The minimum atomic E-state index is -0.476. The lowest BCUT2D eigenvalue weighted by atomic mass is 10.1. The number of hydrogen-bond acceptors (Lipinski definition) is 3. The Morgan fingerprint density at radius 2 is 2.29 bits per heavy atom. The first-order valence-electron chi connectivity index (χ1n) is 5.73. The summed E-state index contributed by atoms with van der Waals surface area (Å²) in [6.07, 6.45) is 1.57. The number of aldehydes is 1. The molecule has 2 rings (SSSR count). The fraction of sp³-hybridized carbons (Fsp3) is 0.462. The fourth-order valence-corrected chi connectivity index (χ4v) is 2.36. The van der Waals surface area contributed by atoms with Crippen molar-refractivity contribution in [2.45, 2.75) is 25.5 Å². The molecule has 1 aliphatic rings. The van der Waals surface area contributed by atoms with E-state index in [0.29, 0.717) is 18.6 Å². The zero-order valence-corrected chi connectivity index (χ0v) is 10.0. The molecular weight excluding hydrogens is 221 g/mol. The number of anilines is 1. The number of nitrogens with zero attached hydrogens (tertiary/aromatic N) is 1. The van der Waals surface area contributed by atoms with Crippen molar-refractivity contribution >= 4 is 12.0 Å². The maximum absolute atomic E-state index is 13.5. The lowest BCUT2D eigenvalue weighted by Crippen LogP contribution is -2.37. The Morgan fingerprint density at radius 3 is 2.88 bits per heavy atom. The van der Waals surface area contributed by atoms with E-state index in [-0.39, 0.29) is 17.7 Å². The summed E-state index contributed by atoms with van der Waals surface area (Å²) in [6.45, 7) is 2.70. The van der Waals surface area contributed by atoms with Crippen LogP contribution in [0.4, 0.5) is 10.1 Å². The normalized spacial score (nSPS) is 23.7. The molecular formula is C13H16FNO2. The SMILES string of the molecule is CC1OCCC1N(C)c1cccc(F)c1C=O. The minimum Gasteiger partial charge on any atom is -0.376 e. The fourth-order valence-electron chi connectivity index (χ4n) is 2.36. The summed E-state index contributed by atoms with van der Waals surface area (Å²) in [5.41, 5.74) is 0.747. The first-order valence-corrected chi connectivity index (χ1v) is 5.73. The van der Waals surface area contributed by atoms with Crippen molar-refractivity contribution in [3.63, 3.8) is 0 Å². The molecule has 0 radical (unpaired) electrons. The Labute approximate surface area is 100 Å². The van der Waals surface area contributed by atoms with Crippen LogP contribution in [0.5, 0.6) is 0 Å². The summed E-state index contributed by atoms with van der Waals surface area (Å²) in [5, 5.41) is 0. The molecule has 0 aliphatic carbocycles. The molecule has 2 unspecified atom stereocenters. The Hall–Kier alpha value is -1.42. The van der Waals surface area contributed by atoms with Gasteiger partial charge >= 0.3 is 0 Å². The van der Waals surface area contributed by atoms with E-state index in [1.165, 1.54) is 6.07 Å². The van der Waals surface area contributed by atoms with Crippen LogP contribution in [0.1, 0.15) is 23.7 Å². The summed E-state index contributed by atoms with van der Waals surface area (Å²) >= 11 is 0. The van der Waals surface area contributed by atoms with Crippen LogP contribution >= 0.6 is 0 Å². The van der Waals surface area contributed by atoms with E-state index in [1.54, 1.807) is 12.1 Å². The number of halogens is 1. The van der Waals surface area contributed by atoms with Gasteiger partial charge in [0, 0.05) is 13.7 Å². The van der Waals surface area contributed by atoms with Crippen LogP contribution in [-0.2, 0) is 4.74 Å². The molecule has 0 saturated carbocycles. The van der Waals surface area contributed by atoms with E-state index in [1.807, 2.05) is 18.9 Å². The first kappa shape index (κ1) is 12.0. The van der Waals surface area contributed by atoms with Crippen molar-refractivity contribution in [3.8, 4) is 0 Å². The molecule has 2 atom stereocenters. The van der Waals surface area contributed by atoms with Crippen LogP contribution in [0.15, 0.2) is 18.2 Å². The average Bonchev–Trinajstić information content (AvgIpc) is 2.74. The van der Waals surface area contributed by atoms with Gasteiger partial charge in [0.25, 0.3) is 0 Å². The van der Waals surface area contributed by atoms with Gasteiger partial charge in [0.2, 0.25) is 0 Å². The molecule has 92 valence electrons. The van der Waals surface area contributed by atoms with E-state index >= 15 is 0 Å². The second-order valence-electron chi connectivity index (χ2n) is 4.33. The standard InChI is InChI=1S/C13H16FNO2/c1-9-12(6-7-17-9)15(2)13-5-3-4-11(14)10(13)8-16/h3-5,8-9,12H,6-7H2,1-2H3. The molecule has 3 nitrogen and oxygen atoms in total. The van der Waals surface area contributed by atoms with Crippen molar-refractivity contribution in [2.24, 2.45) is 0 Å². The average molecular weight is 237 g/mol. The summed E-state index contributed by atoms with van der Waals surface area (Å²) in [4.78, 5) is 12.9. The third-order valence-electron chi connectivity index (χ3n) is 3.36. The third kappa shape index (κ3) is 2.17. The van der Waals surface area contributed by atoms with Gasteiger partial charge in [0.1, 0.15) is 5.82 Å². The van der Waals surface area contributed by atoms with Gasteiger partial charge in [0.15, 0.2) is 6.29 Å². The molecule has 1 heterocycles. The van der Waals surface area contributed by atoms with Gasteiger partial charge in [-0.2, -0.15) is 0 Å². The lowest BCUT2D eigenvalue weighted by molar-refractivity contribution is 0.111. The highest BCUT2D eigenvalue weighted by atomic mass is 19.1. The van der Waals surface area contributed by atoms with Crippen molar-refractivity contribution in [1.29, 1.82) is 0 Å². The van der Waals surface area contributed by atoms with Crippen LogP contribution in [0.2, 0.25) is 0 Å². The Bertz CT molecular complexity index is 422. The van der Waals surface area contributed by atoms with Gasteiger partial charge < -0.3 is 9.64 Å². The number of likely N-dealkylation sites (N-methyl/N-ethyl adjacent to an activating group) is 1. The summed E-state index contributed by atoms with van der Waals surface area (Å²) < 4.78 is 19.0. The second kappa shape index (κ2) is 4.84. The number of carbonyl (C=O) groups excluding carboxylic acids is 1. The van der Waals surface area contributed by atoms with E-state index in [2.05, 4.69) is 0 Å². The molecule has 4 heteroatoms. The highest BCUT2D eigenvalue weighted by molar-refractivity contribution is 5.85. The van der Waals surface area contributed by atoms with E-state index < -0.39 is 5.82 Å². The van der Waals surface area contributed by atoms with Crippen LogP contribution in [0.3, 0.4) is 0 Å². The van der Waals surface area contributed by atoms with E-state index in [9.17, 15) is 9.18 Å². The smallest absolute Gasteiger partial charge is 0.155 e. The van der Waals surface area contributed by atoms with Crippen LogP contribution < -0.4 is 4.90 Å². The van der Waals surface area contributed by atoms with Crippen molar-refractivity contribution < 1.29 is 13.9 Å². The molecule has 0 bridgehead atoms. The lowest BCUT2D eigenvalue weighted by Gasteiger charge is -2.29. The third-order valence-corrected chi connectivity index (χ3v) is 3.36. The molecule has 0 spiro atoms. The quantitative estimate of drug-likeness (QED) is 0.755. The number of rotatable bonds is 3. The number of carbonyl (C=O) groups is 1. The van der Waals surface area contributed by atoms with E-state index in [0.717, 1.165) is 6.42 Å². The molecule has 1 aromatic rings. The highest BCUT2D eigenvalue weighted by Gasteiger charge is 2.29. The zero-order chi connectivity index (χ0) is 12.4. The predicted molar refractivity (Wildman–Crippen MR) is 64.0 cm³/mol. The topological polar surface area (TPSA) is 29.5 Å². The van der Waals surface area contributed by atoms with Crippen molar-refractivity contribution in [2.75, 3.05) is 18.6 Å². The zero-order valence-electron chi connectivity index (χ0n) is 10.0. The first-order chi connectivity index (χ1) is 8.15. The van der Waals surface area contributed by atoms with Gasteiger partial charge in [-0.05, 0) is 25.5 Å². The van der Waals surface area contributed by atoms with Crippen LogP contribution in [-0.4, -0.2) is 32.1 Å². The highest BCUT2D eigenvalue weighted by Crippen LogP contribution is 2.27. The van der Waals surface area contributed by atoms with Gasteiger partial charge in [-0.3, -0.25) is 4.79 Å². The molecule has 1 aliphatic heterocycles. The van der Waals surface area contributed by atoms with Gasteiger partial charge in [-0.1, -0.05) is 6.07 Å². The Kier molecular flexibility index (Phi) is 3.43. The van der Waals surface area contributed by atoms with Gasteiger partial charge in [0.05, 0.1) is 23.4 Å². The molecule has 1 aromatic carbocycles. The van der Waals surface area contributed by atoms with E-state index in [4.69, 9.17) is 4.74 Å². The predicted octanol–water partition coefficient (Wildman–Crippen LogP) is 2.25. The molecule has 0 N–H and O–H groups in total. The Balaban J connectivity index is 2.33. The molecule has 0 aromatic heterocycles. The maximum atomic E-state index is 13.5. The molecule has 1 saturated heterocycles. The number of ether oxygens (including phenoxy) is 1. The van der Waals surface area contributed by atoms with Gasteiger partial charge in [-0.15, -0.1) is 0 Å². The van der Waals surface area contributed by atoms with Crippen LogP contribution in [0, 0.1) is 5.82 Å².